The third-order valence-corrected chi connectivity index (χ3v) is 7.34. The van der Waals surface area contributed by atoms with E-state index in [1.807, 2.05) is 0 Å². The van der Waals surface area contributed by atoms with E-state index in [9.17, 15) is 22.8 Å². The van der Waals surface area contributed by atoms with Crippen molar-refractivity contribution >= 4 is 23.5 Å². The van der Waals surface area contributed by atoms with Crippen LogP contribution in [0, 0.1) is 0 Å². The van der Waals surface area contributed by atoms with Crippen molar-refractivity contribution in [1.29, 1.82) is 0 Å². The molecule has 0 bridgehead atoms. The van der Waals surface area contributed by atoms with Crippen LogP contribution in [0.25, 0.3) is 0 Å². The maximum absolute atomic E-state index is 14.2. The number of rotatable bonds is 10. The number of alkyl halides is 3. The maximum Gasteiger partial charge on any atom is 0.416 e. The smallest absolute Gasteiger partial charge is 0.416 e. The number of hydrogen-bond acceptors (Lipinski definition) is 8. The Labute approximate surface area is 267 Å². The highest BCUT2D eigenvalue weighted by atomic mass is 19.4. The lowest BCUT2D eigenvalue weighted by Gasteiger charge is -2.34. The van der Waals surface area contributed by atoms with Crippen LogP contribution in [0.1, 0.15) is 46.2 Å². The molecule has 0 spiro atoms. The first-order chi connectivity index (χ1) is 21.8. The molecule has 2 amide bonds. The molecule has 4 rings (SSSR count). The number of anilines is 2. The van der Waals surface area contributed by atoms with Crippen LogP contribution in [0.2, 0.25) is 0 Å². The van der Waals surface area contributed by atoms with E-state index in [1.165, 1.54) is 18.5 Å². The number of aromatic nitrogens is 2. The Hall–Kier alpha value is -4.23. The van der Waals surface area contributed by atoms with Crippen molar-refractivity contribution in [3.63, 3.8) is 0 Å². The summed E-state index contributed by atoms with van der Waals surface area (Å²) in [4.78, 5) is 37.9. The lowest BCUT2D eigenvalue weighted by Crippen LogP contribution is -2.46. The Balaban J connectivity index is 1.33. The number of ether oxygens (including phenoxy) is 2. The molecule has 2 aliphatic rings. The molecule has 2 heterocycles. The van der Waals surface area contributed by atoms with Crippen molar-refractivity contribution in [2.24, 2.45) is 0 Å². The number of amides is 2. The molecule has 0 radical (unpaired) electrons. The first kappa shape index (κ1) is 34.6. The zero-order chi connectivity index (χ0) is 33.3. The molecule has 2 aromatic rings. The minimum absolute atomic E-state index is 0.0443. The maximum atomic E-state index is 14.2. The topological polar surface area (TPSA) is 109 Å². The van der Waals surface area contributed by atoms with Crippen LogP contribution in [0.3, 0.4) is 0 Å². The quantitative estimate of drug-likeness (QED) is 0.320. The van der Waals surface area contributed by atoms with Gasteiger partial charge in [0.05, 0.1) is 23.7 Å². The molecule has 2 N–H and O–H groups in total. The van der Waals surface area contributed by atoms with E-state index < -0.39 is 29.4 Å². The summed E-state index contributed by atoms with van der Waals surface area (Å²) in [5.41, 5.74) is -0.460. The molecule has 1 aliphatic heterocycles. The molecule has 0 saturated carbocycles. The van der Waals surface area contributed by atoms with Gasteiger partial charge in [-0.15, -0.1) is 0 Å². The molecule has 1 saturated heterocycles. The Kier molecular flexibility index (Phi) is 11.6. The summed E-state index contributed by atoms with van der Waals surface area (Å²) >= 11 is 0. The van der Waals surface area contributed by atoms with Gasteiger partial charge in [-0.2, -0.15) is 13.2 Å². The number of allylic oxidation sites excluding steroid dienone is 3. The van der Waals surface area contributed by atoms with Crippen molar-refractivity contribution < 1.29 is 32.2 Å². The standard InChI is InChI=1S/C33H41F3N6O4/c1-5-41-14-16-42(17-15-41)13-12-23-8-6-9-24(18-28(23)33(34,35)36)30(43)39-25-10-7-11-27(19-25)45-22-26-20-38-29(21-37-26)40-31(44)46-32(2,3)4/h7-11,18-21H,5-6,12-17,22H2,1-4H3,(H,39,43)(H,38,40,44). The predicted octanol–water partition coefficient (Wildman–Crippen LogP) is 6.11. The highest BCUT2D eigenvalue weighted by Crippen LogP contribution is 2.36. The van der Waals surface area contributed by atoms with Crippen LogP contribution < -0.4 is 15.4 Å². The van der Waals surface area contributed by atoms with E-state index in [2.05, 4.69) is 37.3 Å². The number of nitrogens with one attached hydrogen (secondary N) is 2. The highest BCUT2D eigenvalue weighted by molar-refractivity contribution is 6.06. The zero-order valence-electron chi connectivity index (χ0n) is 26.6. The van der Waals surface area contributed by atoms with E-state index in [4.69, 9.17) is 9.47 Å². The summed E-state index contributed by atoms with van der Waals surface area (Å²) in [7, 11) is 0. The molecule has 1 aliphatic carbocycles. The largest absolute Gasteiger partial charge is 0.487 e. The molecular weight excluding hydrogens is 601 g/mol. The van der Waals surface area contributed by atoms with Gasteiger partial charge in [-0.3, -0.25) is 15.1 Å². The number of likely N-dealkylation sites (N-methyl/N-ethyl adjacent to an activating group) is 1. The van der Waals surface area contributed by atoms with Crippen molar-refractivity contribution in [3.05, 3.63) is 77.3 Å². The van der Waals surface area contributed by atoms with Crippen molar-refractivity contribution in [2.75, 3.05) is 49.9 Å². The van der Waals surface area contributed by atoms with Crippen LogP contribution in [0.4, 0.5) is 29.5 Å². The number of carbonyl (C=O) groups excluding carboxylic acids is 2. The highest BCUT2D eigenvalue weighted by Gasteiger charge is 2.37. The number of benzene rings is 1. The minimum atomic E-state index is -4.60. The van der Waals surface area contributed by atoms with Crippen molar-refractivity contribution in [1.82, 2.24) is 19.8 Å². The monoisotopic (exact) mass is 642 g/mol. The molecule has 0 atom stereocenters. The molecule has 13 heteroatoms. The fourth-order valence-corrected chi connectivity index (χ4v) is 4.94. The summed E-state index contributed by atoms with van der Waals surface area (Å²) in [6, 6.07) is 6.52. The molecule has 1 aromatic carbocycles. The lowest BCUT2D eigenvalue weighted by molar-refractivity contribution is -0.112. The second-order valence-corrected chi connectivity index (χ2v) is 12.0. The van der Waals surface area contributed by atoms with Crippen LogP contribution in [0.15, 0.2) is 71.6 Å². The average Bonchev–Trinajstić information content (AvgIpc) is 3.22. The van der Waals surface area contributed by atoms with E-state index in [0.29, 0.717) is 23.7 Å². The number of halogens is 3. The first-order valence-electron chi connectivity index (χ1n) is 15.3. The van der Waals surface area contributed by atoms with Crippen LogP contribution >= 0.6 is 0 Å². The molecule has 1 aromatic heterocycles. The molecule has 10 nitrogen and oxygen atoms in total. The number of nitrogens with zero attached hydrogens (tertiary/aromatic N) is 4. The summed E-state index contributed by atoms with van der Waals surface area (Å²) in [6.45, 7) is 12.4. The predicted molar refractivity (Wildman–Crippen MR) is 169 cm³/mol. The first-order valence-corrected chi connectivity index (χ1v) is 15.3. The van der Waals surface area contributed by atoms with Gasteiger partial charge in [0.2, 0.25) is 0 Å². The number of piperazine rings is 1. The van der Waals surface area contributed by atoms with E-state index in [0.717, 1.165) is 38.8 Å². The molecule has 0 unspecified atom stereocenters. The van der Waals surface area contributed by atoms with E-state index in [-0.39, 0.29) is 36.4 Å². The zero-order valence-corrected chi connectivity index (χ0v) is 26.6. The molecule has 46 heavy (non-hydrogen) atoms. The van der Waals surface area contributed by atoms with Crippen molar-refractivity contribution in [2.45, 2.75) is 58.9 Å². The molecule has 1 fully saturated rings. The van der Waals surface area contributed by atoms with Crippen LogP contribution in [0.5, 0.6) is 5.75 Å². The Morgan fingerprint density at radius 3 is 2.37 bits per heavy atom. The fourth-order valence-electron chi connectivity index (χ4n) is 4.94. The number of hydrogen-bond donors (Lipinski definition) is 2. The van der Waals surface area contributed by atoms with Gasteiger partial charge in [0.25, 0.3) is 5.91 Å². The SMILES string of the molecule is CCN1CCN(CCC2=CCC=C(C(=O)Nc3cccc(OCc4cnc(NC(=O)OC(C)(C)C)cn4)c3)C=C2C(F)(F)F)CC1. The summed E-state index contributed by atoms with van der Waals surface area (Å²) < 4.78 is 53.5. The summed E-state index contributed by atoms with van der Waals surface area (Å²) in [6.07, 6.45) is 2.06. The summed E-state index contributed by atoms with van der Waals surface area (Å²) in [5, 5.41) is 5.18. The molecular formula is C33H41F3N6O4. The Bertz CT molecular complexity index is 1460. The van der Waals surface area contributed by atoms with E-state index in [1.54, 1.807) is 51.1 Å². The fraction of sp³-hybridized carbons (Fsp3) is 0.455. The van der Waals surface area contributed by atoms with Gasteiger partial charge in [0.15, 0.2) is 5.82 Å². The van der Waals surface area contributed by atoms with Gasteiger partial charge in [-0.05, 0) is 63.9 Å². The van der Waals surface area contributed by atoms with Crippen LogP contribution in [-0.2, 0) is 16.1 Å². The lowest BCUT2D eigenvalue weighted by atomic mass is 10.00. The normalized spacial score (nSPS) is 16.5. The van der Waals surface area contributed by atoms with Gasteiger partial charge >= 0.3 is 12.3 Å². The Morgan fingerprint density at radius 1 is 0.978 bits per heavy atom. The second-order valence-electron chi connectivity index (χ2n) is 12.0. The van der Waals surface area contributed by atoms with E-state index >= 15 is 0 Å². The van der Waals surface area contributed by atoms with Gasteiger partial charge in [0, 0.05) is 50.1 Å². The molecule has 248 valence electrons. The minimum Gasteiger partial charge on any atom is -0.487 e. The second kappa shape index (κ2) is 15.4. The van der Waals surface area contributed by atoms with Gasteiger partial charge in [-0.25, -0.2) is 9.78 Å². The van der Waals surface area contributed by atoms with Crippen molar-refractivity contribution in [3.8, 4) is 5.75 Å². The van der Waals surface area contributed by atoms with Gasteiger partial charge in [-0.1, -0.05) is 25.1 Å². The van der Waals surface area contributed by atoms with Gasteiger partial charge in [0.1, 0.15) is 18.0 Å². The third-order valence-electron chi connectivity index (χ3n) is 7.34. The average molecular weight is 643 g/mol. The van der Waals surface area contributed by atoms with Gasteiger partial charge < -0.3 is 24.6 Å². The van der Waals surface area contributed by atoms with Crippen LogP contribution in [-0.4, -0.2) is 82.8 Å². The third kappa shape index (κ3) is 10.7. The Morgan fingerprint density at radius 2 is 1.72 bits per heavy atom. The number of carbonyl (C=O) groups is 2. The summed E-state index contributed by atoms with van der Waals surface area (Å²) in [5.74, 6) is -0.0325.